The molecule has 1 aliphatic rings. The van der Waals surface area contributed by atoms with Gasteiger partial charge < -0.3 is 9.73 Å². The first-order chi connectivity index (χ1) is 9.05. The molecule has 1 fully saturated rings. The molecule has 1 aliphatic heterocycles. The molecule has 0 spiro atoms. The van der Waals surface area contributed by atoms with Crippen LogP contribution in [0, 0.1) is 6.92 Å². The quantitative estimate of drug-likeness (QED) is 0.897. The van der Waals surface area contributed by atoms with Crippen molar-refractivity contribution >= 4 is 11.0 Å². The number of rotatable bonds is 2. The summed E-state index contributed by atoms with van der Waals surface area (Å²) in [5.74, 6) is 1.05. The molecule has 3 rings (SSSR count). The normalized spacial score (nSPS) is 19.9. The first-order valence-corrected chi connectivity index (χ1v) is 6.99. The van der Waals surface area contributed by atoms with Crippen LogP contribution in [0.25, 0.3) is 11.0 Å². The fourth-order valence-electron chi connectivity index (χ4n) is 3.02. The maximum absolute atomic E-state index is 5.85. The van der Waals surface area contributed by atoms with Gasteiger partial charge in [0.2, 0.25) is 0 Å². The fourth-order valence-corrected chi connectivity index (χ4v) is 3.02. The van der Waals surface area contributed by atoms with Crippen molar-refractivity contribution in [3.63, 3.8) is 0 Å². The average molecular weight is 258 g/mol. The van der Waals surface area contributed by atoms with Crippen LogP contribution < -0.4 is 5.32 Å². The van der Waals surface area contributed by atoms with Crippen molar-refractivity contribution in [1.82, 2.24) is 10.2 Å². The highest BCUT2D eigenvalue weighted by Gasteiger charge is 2.26. The minimum absolute atomic E-state index is 0.200. The molecule has 3 heteroatoms. The van der Waals surface area contributed by atoms with E-state index in [1.54, 1.807) is 0 Å². The summed E-state index contributed by atoms with van der Waals surface area (Å²) < 4.78 is 5.85. The Bertz CT molecular complexity index is 585. The van der Waals surface area contributed by atoms with E-state index >= 15 is 0 Å². The Morgan fingerprint density at radius 2 is 2.11 bits per heavy atom. The number of hydrogen-bond acceptors (Lipinski definition) is 3. The number of furan rings is 1. The van der Waals surface area contributed by atoms with E-state index in [9.17, 15) is 0 Å². The zero-order valence-corrected chi connectivity index (χ0v) is 12.0. The number of aryl methyl sites for hydroxylation is 1. The molecule has 19 heavy (non-hydrogen) atoms. The predicted molar refractivity (Wildman–Crippen MR) is 78.3 cm³/mol. The van der Waals surface area contributed by atoms with Crippen LogP contribution in [-0.2, 0) is 6.54 Å². The summed E-state index contributed by atoms with van der Waals surface area (Å²) >= 11 is 0. The summed E-state index contributed by atoms with van der Waals surface area (Å²) in [6, 6.07) is 8.33. The largest absolute Gasteiger partial charge is 0.461 e. The molecule has 102 valence electrons. The number of benzene rings is 1. The highest BCUT2D eigenvalue weighted by molar-refractivity contribution is 5.82. The summed E-state index contributed by atoms with van der Waals surface area (Å²) in [5.41, 5.74) is 2.55. The molecule has 0 saturated carbocycles. The van der Waals surface area contributed by atoms with Gasteiger partial charge in [-0.3, -0.25) is 4.90 Å². The van der Waals surface area contributed by atoms with Crippen molar-refractivity contribution in [2.75, 3.05) is 19.6 Å². The second-order valence-electron chi connectivity index (χ2n) is 6.15. The Balaban J connectivity index is 1.87. The number of nitrogens with zero attached hydrogens (tertiary/aromatic N) is 1. The van der Waals surface area contributed by atoms with E-state index in [1.165, 1.54) is 10.9 Å². The highest BCUT2D eigenvalue weighted by atomic mass is 16.3. The lowest BCUT2D eigenvalue weighted by Crippen LogP contribution is -2.56. The number of piperazine rings is 1. The van der Waals surface area contributed by atoms with Gasteiger partial charge in [0.15, 0.2) is 0 Å². The van der Waals surface area contributed by atoms with E-state index in [-0.39, 0.29) is 5.54 Å². The molecule has 1 aromatic heterocycles. The van der Waals surface area contributed by atoms with Crippen molar-refractivity contribution in [2.24, 2.45) is 0 Å². The van der Waals surface area contributed by atoms with Crippen LogP contribution in [0.15, 0.2) is 28.7 Å². The van der Waals surface area contributed by atoms with E-state index in [0.29, 0.717) is 0 Å². The number of hydrogen-bond donors (Lipinski definition) is 1. The summed E-state index contributed by atoms with van der Waals surface area (Å²) in [7, 11) is 0. The molecule has 0 unspecified atom stereocenters. The smallest absolute Gasteiger partial charge is 0.134 e. The molecule has 0 amide bonds. The second kappa shape index (κ2) is 4.66. The van der Waals surface area contributed by atoms with Crippen LogP contribution >= 0.6 is 0 Å². The third-order valence-corrected chi connectivity index (χ3v) is 3.93. The summed E-state index contributed by atoms with van der Waals surface area (Å²) in [6.07, 6.45) is 0. The fraction of sp³-hybridized carbons (Fsp3) is 0.500. The van der Waals surface area contributed by atoms with Crippen molar-refractivity contribution in [1.29, 1.82) is 0 Å². The zero-order valence-electron chi connectivity index (χ0n) is 12.0. The predicted octanol–water partition coefficient (Wildman–Crippen LogP) is 2.93. The number of para-hydroxylation sites is 1. The molecular formula is C16H22N2O. The van der Waals surface area contributed by atoms with Crippen molar-refractivity contribution < 1.29 is 4.42 Å². The van der Waals surface area contributed by atoms with Crippen molar-refractivity contribution in [2.45, 2.75) is 32.9 Å². The average Bonchev–Trinajstić information content (AvgIpc) is 2.65. The van der Waals surface area contributed by atoms with Gasteiger partial charge in [-0.05, 0) is 26.8 Å². The molecule has 1 aromatic carbocycles. The molecule has 1 saturated heterocycles. The minimum Gasteiger partial charge on any atom is -0.461 e. The first-order valence-electron chi connectivity index (χ1n) is 6.99. The van der Waals surface area contributed by atoms with Crippen LogP contribution in [0.4, 0.5) is 0 Å². The van der Waals surface area contributed by atoms with Gasteiger partial charge in [-0.2, -0.15) is 0 Å². The lowest BCUT2D eigenvalue weighted by Gasteiger charge is -2.39. The van der Waals surface area contributed by atoms with Gasteiger partial charge in [-0.1, -0.05) is 18.2 Å². The van der Waals surface area contributed by atoms with E-state index in [4.69, 9.17) is 4.42 Å². The van der Waals surface area contributed by atoms with E-state index < -0.39 is 0 Å². The van der Waals surface area contributed by atoms with Crippen molar-refractivity contribution in [3.05, 3.63) is 35.6 Å². The van der Waals surface area contributed by atoms with Gasteiger partial charge in [0.1, 0.15) is 11.3 Å². The van der Waals surface area contributed by atoms with Gasteiger partial charge in [0.25, 0.3) is 0 Å². The third kappa shape index (κ3) is 2.53. The number of nitrogens with one attached hydrogen (secondary N) is 1. The van der Waals surface area contributed by atoms with Gasteiger partial charge in [0.05, 0.1) is 0 Å². The SMILES string of the molecule is Cc1oc2ccccc2c1CN1CCNC(C)(C)C1. The Labute approximate surface area is 114 Å². The minimum atomic E-state index is 0.200. The monoisotopic (exact) mass is 258 g/mol. The highest BCUT2D eigenvalue weighted by Crippen LogP contribution is 2.27. The van der Waals surface area contributed by atoms with E-state index in [0.717, 1.165) is 37.5 Å². The zero-order chi connectivity index (χ0) is 13.5. The van der Waals surface area contributed by atoms with E-state index in [2.05, 4.69) is 43.1 Å². The molecule has 2 aromatic rings. The van der Waals surface area contributed by atoms with Crippen LogP contribution in [0.2, 0.25) is 0 Å². The molecule has 0 aliphatic carbocycles. The van der Waals surface area contributed by atoms with Crippen LogP contribution in [0.1, 0.15) is 25.2 Å². The molecule has 0 atom stereocenters. The molecule has 0 bridgehead atoms. The molecule has 1 N–H and O–H groups in total. The van der Waals surface area contributed by atoms with Crippen LogP contribution in [0.5, 0.6) is 0 Å². The molecule has 3 nitrogen and oxygen atoms in total. The Morgan fingerprint density at radius 3 is 2.89 bits per heavy atom. The first kappa shape index (κ1) is 12.7. The maximum Gasteiger partial charge on any atom is 0.134 e. The Hall–Kier alpha value is -1.32. The maximum atomic E-state index is 5.85. The van der Waals surface area contributed by atoms with E-state index in [1.807, 2.05) is 12.1 Å². The topological polar surface area (TPSA) is 28.4 Å². The molecule has 0 radical (unpaired) electrons. The number of fused-ring (bicyclic) bond motifs is 1. The lowest BCUT2D eigenvalue weighted by molar-refractivity contribution is 0.148. The third-order valence-electron chi connectivity index (χ3n) is 3.93. The van der Waals surface area contributed by atoms with Crippen LogP contribution in [0.3, 0.4) is 0 Å². The van der Waals surface area contributed by atoms with Gasteiger partial charge in [-0.15, -0.1) is 0 Å². The Morgan fingerprint density at radius 1 is 1.32 bits per heavy atom. The molecule has 2 heterocycles. The van der Waals surface area contributed by atoms with Crippen molar-refractivity contribution in [3.8, 4) is 0 Å². The Kier molecular flexibility index (Phi) is 3.11. The summed E-state index contributed by atoms with van der Waals surface area (Å²) in [5, 5.41) is 4.82. The van der Waals surface area contributed by atoms with Gasteiger partial charge >= 0.3 is 0 Å². The van der Waals surface area contributed by atoms with Crippen LogP contribution in [-0.4, -0.2) is 30.1 Å². The van der Waals surface area contributed by atoms with Gasteiger partial charge in [-0.25, -0.2) is 0 Å². The van der Waals surface area contributed by atoms with Gasteiger partial charge in [0, 0.05) is 42.7 Å². The summed E-state index contributed by atoms with van der Waals surface area (Å²) in [4.78, 5) is 2.51. The summed E-state index contributed by atoms with van der Waals surface area (Å²) in [6.45, 7) is 10.8. The second-order valence-corrected chi connectivity index (χ2v) is 6.15. The molecular weight excluding hydrogens is 236 g/mol. The lowest BCUT2D eigenvalue weighted by atomic mass is 10.0. The standard InChI is InChI=1S/C16H22N2O/c1-12-14(13-6-4-5-7-15(13)19-12)10-18-9-8-17-16(2,3)11-18/h4-7,17H,8-11H2,1-3H3.